The van der Waals surface area contributed by atoms with Gasteiger partial charge in [0.15, 0.2) is 0 Å². The highest BCUT2D eigenvalue weighted by atomic mass is 16.5. The molecule has 0 saturated heterocycles. The second-order valence-electron chi connectivity index (χ2n) is 9.52. The molecule has 1 atom stereocenters. The van der Waals surface area contributed by atoms with Crippen molar-refractivity contribution >= 4 is 18.0 Å². The fourth-order valence-corrected chi connectivity index (χ4v) is 4.52. The van der Waals surface area contributed by atoms with Crippen molar-refractivity contribution in [2.24, 2.45) is 0 Å². The molecule has 3 rings (SSSR count). The van der Waals surface area contributed by atoms with Crippen LogP contribution in [0.15, 0.2) is 48.5 Å². The number of amides is 2. The van der Waals surface area contributed by atoms with E-state index >= 15 is 0 Å². The van der Waals surface area contributed by atoms with Crippen molar-refractivity contribution < 1.29 is 24.2 Å². The van der Waals surface area contributed by atoms with Crippen molar-refractivity contribution in [3.8, 4) is 11.1 Å². The molecule has 0 unspecified atom stereocenters. The summed E-state index contributed by atoms with van der Waals surface area (Å²) in [6.45, 7) is 5.69. The van der Waals surface area contributed by atoms with Gasteiger partial charge in [0.1, 0.15) is 6.61 Å². The highest BCUT2D eigenvalue weighted by Gasteiger charge is 2.30. The van der Waals surface area contributed by atoms with Crippen LogP contribution in [0.2, 0.25) is 0 Å². The Morgan fingerprint density at radius 1 is 1.03 bits per heavy atom. The van der Waals surface area contributed by atoms with E-state index in [0.29, 0.717) is 6.42 Å². The zero-order chi connectivity index (χ0) is 24.7. The van der Waals surface area contributed by atoms with Crippen LogP contribution in [-0.4, -0.2) is 41.3 Å². The number of rotatable bonds is 11. The number of carbonyl (C=O) groups is 3. The number of benzene rings is 2. The van der Waals surface area contributed by atoms with Crippen LogP contribution in [0.1, 0.15) is 69.9 Å². The van der Waals surface area contributed by atoms with E-state index in [1.54, 1.807) is 13.8 Å². The number of carbonyl (C=O) groups excluding carboxylic acids is 2. The number of carboxylic acids is 1. The van der Waals surface area contributed by atoms with E-state index in [1.807, 2.05) is 31.2 Å². The molecule has 1 aliphatic carbocycles. The number of alkyl carbamates (subject to hydrolysis) is 1. The summed E-state index contributed by atoms with van der Waals surface area (Å²) in [6, 6.07) is 15.8. The van der Waals surface area contributed by atoms with E-state index < -0.39 is 23.6 Å². The van der Waals surface area contributed by atoms with Gasteiger partial charge in [-0.2, -0.15) is 0 Å². The van der Waals surface area contributed by atoms with Gasteiger partial charge in [0.05, 0.1) is 6.42 Å². The normalized spacial score (nSPS) is 13.5. The minimum atomic E-state index is -0.947. The minimum Gasteiger partial charge on any atom is -0.481 e. The minimum absolute atomic E-state index is 0.0133. The summed E-state index contributed by atoms with van der Waals surface area (Å²) in [5, 5.41) is 14.7. The number of aliphatic carboxylic acids is 1. The van der Waals surface area contributed by atoms with Gasteiger partial charge in [-0.25, -0.2) is 4.79 Å². The smallest absolute Gasteiger partial charge is 0.407 e. The third kappa shape index (κ3) is 6.59. The van der Waals surface area contributed by atoms with Crippen molar-refractivity contribution in [3.63, 3.8) is 0 Å². The highest BCUT2D eigenvalue weighted by Crippen LogP contribution is 2.44. The first-order chi connectivity index (χ1) is 16.2. The molecule has 34 heavy (non-hydrogen) atoms. The maximum Gasteiger partial charge on any atom is 0.407 e. The number of hydrogen-bond donors (Lipinski definition) is 3. The summed E-state index contributed by atoms with van der Waals surface area (Å²) in [5.41, 5.74) is 3.72. The Kier molecular flexibility index (Phi) is 8.31. The van der Waals surface area contributed by atoms with Gasteiger partial charge in [-0.05, 0) is 42.5 Å². The van der Waals surface area contributed by atoms with Gasteiger partial charge in [-0.15, -0.1) is 0 Å². The van der Waals surface area contributed by atoms with Gasteiger partial charge in [-0.3, -0.25) is 9.59 Å². The van der Waals surface area contributed by atoms with Crippen LogP contribution in [-0.2, 0) is 14.3 Å². The molecule has 0 bridgehead atoms. The molecule has 0 heterocycles. The molecule has 0 aromatic heterocycles. The van der Waals surface area contributed by atoms with Crippen LogP contribution in [0.4, 0.5) is 4.79 Å². The molecule has 0 aliphatic heterocycles. The molecular weight excluding hydrogens is 432 g/mol. The lowest BCUT2D eigenvalue weighted by Gasteiger charge is -2.27. The lowest BCUT2D eigenvalue weighted by atomic mass is 9.98. The Bertz CT molecular complexity index is 988. The van der Waals surface area contributed by atoms with Gasteiger partial charge in [-0.1, -0.05) is 68.3 Å². The third-order valence-corrected chi connectivity index (χ3v) is 6.08. The number of ether oxygens (including phenoxy) is 1. The van der Waals surface area contributed by atoms with Crippen molar-refractivity contribution in [1.29, 1.82) is 0 Å². The molecule has 0 spiro atoms. The number of unbranched alkanes of at least 4 members (excludes halogenated alkanes) is 1. The van der Waals surface area contributed by atoms with Crippen LogP contribution >= 0.6 is 0 Å². The summed E-state index contributed by atoms with van der Waals surface area (Å²) in [4.78, 5) is 36.2. The predicted molar refractivity (Wildman–Crippen MR) is 131 cm³/mol. The van der Waals surface area contributed by atoms with Crippen molar-refractivity contribution in [3.05, 3.63) is 59.7 Å². The van der Waals surface area contributed by atoms with Crippen molar-refractivity contribution in [1.82, 2.24) is 10.6 Å². The van der Waals surface area contributed by atoms with E-state index in [4.69, 9.17) is 9.84 Å². The van der Waals surface area contributed by atoms with Gasteiger partial charge < -0.3 is 20.5 Å². The Morgan fingerprint density at radius 2 is 1.62 bits per heavy atom. The molecule has 2 amide bonds. The SMILES string of the molecule is CCCC[C@@H](CC(=O)O)NC(=O)CC(C)(C)NC(=O)OCC1c2ccccc2-c2ccccc21. The second-order valence-corrected chi connectivity index (χ2v) is 9.52. The second kappa shape index (κ2) is 11.2. The molecule has 182 valence electrons. The first kappa shape index (κ1) is 25.3. The third-order valence-electron chi connectivity index (χ3n) is 6.08. The molecule has 0 fully saturated rings. The summed E-state index contributed by atoms with van der Waals surface area (Å²) in [6.07, 6.45) is 1.66. The van der Waals surface area contributed by atoms with Crippen LogP contribution in [0.25, 0.3) is 11.1 Å². The maximum atomic E-state index is 12.6. The molecule has 0 radical (unpaired) electrons. The van der Waals surface area contributed by atoms with Crippen molar-refractivity contribution in [2.45, 2.75) is 70.4 Å². The van der Waals surface area contributed by atoms with E-state index in [2.05, 4.69) is 34.9 Å². The van der Waals surface area contributed by atoms with Crippen LogP contribution in [0.3, 0.4) is 0 Å². The van der Waals surface area contributed by atoms with Gasteiger partial charge >= 0.3 is 12.1 Å². The number of fused-ring (bicyclic) bond motifs is 3. The number of carboxylic acid groups (broad SMARTS) is 1. The fraction of sp³-hybridized carbons (Fsp3) is 0.444. The molecule has 7 nitrogen and oxygen atoms in total. The standard InChI is InChI=1S/C27H34N2O5/c1-4-5-10-18(15-25(31)32)28-24(30)16-27(2,3)29-26(33)34-17-23-21-13-8-6-11-19(21)20-12-7-9-14-22(20)23/h6-9,11-14,18,23H,4-5,10,15-17H2,1-3H3,(H,28,30)(H,29,33)(H,31,32)/t18-/m0/s1. The Labute approximate surface area is 200 Å². The van der Waals surface area contributed by atoms with Gasteiger partial charge in [0.25, 0.3) is 0 Å². The Hall–Kier alpha value is -3.35. The summed E-state index contributed by atoms with van der Waals surface area (Å²) < 4.78 is 5.58. The average molecular weight is 467 g/mol. The van der Waals surface area contributed by atoms with Crippen LogP contribution in [0, 0.1) is 0 Å². The zero-order valence-corrected chi connectivity index (χ0v) is 20.1. The zero-order valence-electron chi connectivity index (χ0n) is 20.1. The highest BCUT2D eigenvalue weighted by molar-refractivity contribution is 5.80. The Balaban J connectivity index is 1.55. The van der Waals surface area contributed by atoms with Gasteiger partial charge in [0.2, 0.25) is 5.91 Å². The summed E-state index contributed by atoms with van der Waals surface area (Å²) in [5.74, 6) is -1.29. The quantitative estimate of drug-likeness (QED) is 0.439. The van der Waals surface area contributed by atoms with E-state index in [0.717, 1.165) is 35.1 Å². The largest absolute Gasteiger partial charge is 0.481 e. The van der Waals surface area contributed by atoms with Crippen molar-refractivity contribution in [2.75, 3.05) is 6.61 Å². The lowest BCUT2D eigenvalue weighted by Crippen LogP contribution is -2.48. The van der Waals surface area contributed by atoms with Crippen LogP contribution in [0.5, 0.6) is 0 Å². The summed E-state index contributed by atoms with van der Waals surface area (Å²) >= 11 is 0. The van der Waals surface area contributed by atoms with E-state index in [1.165, 1.54) is 0 Å². The first-order valence-electron chi connectivity index (χ1n) is 11.8. The molecule has 1 aliphatic rings. The predicted octanol–water partition coefficient (Wildman–Crippen LogP) is 4.84. The Morgan fingerprint density at radius 3 is 2.18 bits per heavy atom. The molecular formula is C27H34N2O5. The molecule has 7 heteroatoms. The molecule has 2 aromatic carbocycles. The monoisotopic (exact) mass is 466 g/mol. The number of nitrogens with one attached hydrogen (secondary N) is 2. The van der Waals surface area contributed by atoms with E-state index in [-0.39, 0.29) is 31.3 Å². The maximum absolute atomic E-state index is 12.6. The van der Waals surface area contributed by atoms with E-state index in [9.17, 15) is 14.4 Å². The fourth-order valence-electron chi connectivity index (χ4n) is 4.52. The average Bonchev–Trinajstić information content (AvgIpc) is 3.08. The topological polar surface area (TPSA) is 105 Å². The summed E-state index contributed by atoms with van der Waals surface area (Å²) in [7, 11) is 0. The first-order valence-corrected chi connectivity index (χ1v) is 11.8. The lowest BCUT2D eigenvalue weighted by molar-refractivity contribution is -0.137. The molecule has 2 aromatic rings. The molecule has 3 N–H and O–H groups in total. The number of hydrogen-bond acceptors (Lipinski definition) is 4. The molecule has 0 saturated carbocycles. The van der Waals surface area contributed by atoms with Crippen LogP contribution < -0.4 is 10.6 Å². The van der Waals surface area contributed by atoms with Gasteiger partial charge in [0, 0.05) is 23.9 Å².